The second-order valence-corrected chi connectivity index (χ2v) is 6.43. The van der Waals surface area contributed by atoms with E-state index in [0.717, 1.165) is 5.56 Å². The quantitative estimate of drug-likeness (QED) is 0.751. The van der Waals surface area contributed by atoms with E-state index in [2.05, 4.69) is 4.72 Å². The third kappa shape index (κ3) is 5.01. The Morgan fingerprint density at radius 1 is 1.37 bits per heavy atom. The average Bonchev–Trinajstić information content (AvgIpc) is 2.42. The monoisotopic (exact) mass is 305 g/mol. The highest BCUT2D eigenvalue weighted by atomic mass is 35.5. The third-order valence-electron chi connectivity index (χ3n) is 2.79. The molecule has 0 amide bonds. The summed E-state index contributed by atoms with van der Waals surface area (Å²) in [5.41, 5.74) is 0.849. The zero-order valence-electron chi connectivity index (χ0n) is 11.2. The number of rotatable bonds is 8. The molecule has 1 rings (SSSR count). The van der Waals surface area contributed by atoms with Gasteiger partial charge in [0.1, 0.15) is 5.75 Å². The summed E-state index contributed by atoms with van der Waals surface area (Å²) in [5, 5.41) is 0. The molecule has 1 unspecified atom stereocenters. The Hall–Kier alpha value is -0.780. The predicted molar refractivity (Wildman–Crippen MR) is 78.3 cm³/mol. The predicted octanol–water partition coefficient (Wildman–Crippen LogP) is 2.69. The van der Waals surface area contributed by atoms with E-state index in [1.54, 1.807) is 7.11 Å². The molecule has 0 heterocycles. The van der Waals surface area contributed by atoms with Crippen LogP contribution in [0.5, 0.6) is 5.75 Å². The normalized spacial score (nSPS) is 13.2. The molecule has 108 valence electrons. The number of alkyl halides is 1. The molecule has 0 fully saturated rings. The van der Waals surface area contributed by atoms with E-state index in [-0.39, 0.29) is 11.8 Å². The van der Waals surface area contributed by atoms with Crippen LogP contribution in [0.15, 0.2) is 24.3 Å². The van der Waals surface area contributed by atoms with Crippen LogP contribution < -0.4 is 9.46 Å². The van der Waals surface area contributed by atoms with Crippen molar-refractivity contribution in [3.05, 3.63) is 29.8 Å². The van der Waals surface area contributed by atoms with Gasteiger partial charge in [-0.25, -0.2) is 13.1 Å². The molecular formula is C13H20ClNO3S. The van der Waals surface area contributed by atoms with Crippen LogP contribution in [-0.4, -0.2) is 27.2 Å². The lowest BCUT2D eigenvalue weighted by Crippen LogP contribution is -2.30. The molecule has 19 heavy (non-hydrogen) atoms. The highest BCUT2D eigenvalue weighted by Crippen LogP contribution is 2.27. The molecule has 0 saturated carbocycles. The van der Waals surface area contributed by atoms with Crippen molar-refractivity contribution in [1.82, 2.24) is 4.72 Å². The molecule has 0 aliphatic rings. The summed E-state index contributed by atoms with van der Waals surface area (Å²) in [4.78, 5) is 0. The Balaban J connectivity index is 2.89. The number of hydrogen-bond donors (Lipinski definition) is 1. The molecular weight excluding hydrogens is 286 g/mol. The summed E-state index contributed by atoms with van der Waals surface area (Å²) in [6.45, 7) is 1.93. The van der Waals surface area contributed by atoms with Crippen molar-refractivity contribution in [3.63, 3.8) is 0 Å². The van der Waals surface area contributed by atoms with Gasteiger partial charge in [-0.15, -0.1) is 11.6 Å². The summed E-state index contributed by atoms with van der Waals surface area (Å²) in [5.74, 6) is 1.07. The van der Waals surface area contributed by atoms with Crippen molar-refractivity contribution >= 4 is 21.6 Å². The van der Waals surface area contributed by atoms with Crippen LogP contribution >= 0.6 is 11.6 Å². The summed E-state index contributed by atoms with van der Waals surface area (Å²) < 4.78 is 31.8. The SMILES string of the molecule is CCC(NS(=O)(=O)CCCCl)c1ccccc1OC. The van der Waals surface area contributed by atoms with E-state index in [1.165, 1.54) is 0 Å². The van der Waals surface area contributed by atoms with Crippen LogP contribution in [0.25, 0.3) is 0 Å². The van der Waals surface area contributed by atoms with Gasteiger partial charge in [-0.1, -0.05) is 25.1 Å². The van der Waals surface area contributed by atoms with E-state index >= 15 is 0 Å². The van der Waals surface area contributed by atoms with E-state index in [9.17, 15) is 8.42 Å². The number of nitrogens with one attached hydrogen (secondary N) is 1. The molecule has 0 aliphatic carbocycles. The first-order chi connectivity index (χ1) is 9.04. The fourth-order valence-corrected chi connectivity index (χ4v) is 3.50. The maximum Gasteiger partial charge on any atom is 0.212 e. The highest BCUT2D eigenvalue weighted by molar-refractivity contribution is 7.89. The maximum absolute atomic E-state index is 11.9. The van der Waals surface area contributed by atoms with E-state index in [0.29, 0.717) is 24.5 Å². The summed E-state index contributed by atoms with van der Waals surface area (Å²) in [6.07, 6.45) is 1.10. The Labute approximate surface area is 120 Å². The second kappa shape index (κ2) is 7.72. The van der Waals surface area contributed by atoms with Crippen LogP contribution in [0.2, 0.25) is 0 Å². The van der Waals surface area contributed by atoms with Crippen LogP contribution in [-0.2, 0) is 10.0 Å². The maximum atomic E-state index is 11.9. The van der Waals surface area contributed by atoms with Crippen molar-refractivity contribution in [3.8, 4) is 5.75 Å². The van der Waals surface area contributed by atoms with Gasteiger partial charge in [-0.3, -0.25) is 0 Å². The van der Waals surface area contributed by atoms with Crippen LogP contribution in [0, 0.1) is 0 Å². The minimum absolute atomic E-state index is 0.0438. The van der Waals surface area contributed by atoms with Crippen molar-refractivity contribution < 1.29 is 13.2 Å². The van der Waals surface area contributed by atoms with E-state index in [4.69, 9.17) is 16.3 Å². The number of para-hydroxylation sites is 1. The number of sulfonamides is 1. The molecule has 0 radical (unpaired) electrons. The molecule has 0 spiro atoms. The van der Waals surface area contributed by atoms with Gasteiger partial charge >= 0.3 is 0 Å². The van der Waals surface area contributed by atoms with E-state index in [1.807, 2.05) is 31.2 Å². The zero-order chi connectivity index (χ0) is 14.3. The van der Waals surface area contributed by atoms with Crippen molar-refractivity contribution in [2.75, 3.05) is 18.7 Å². The van der Waals surface area contributed by atoms with Gasteiger partial charge in [0, 0.05) is 11.4 Å². The Kier molecular flexibility index (Phi) is 6.62. The molecule has 1 N–H and O–H groups in total. The number of benzene rings is 1. The minimum atomic E-state index is -3.32. The van der Waals surface area contributed by atoms with Crippen molar-refractivity contribution in [2.45, 2.75) is 25.8 Å². The second-order valence-electron chi connectivity index (χ2n) is 4.18. The average molecular weight is 306 g/mol. The topological polar surface area (TPSA) is 55.4 Å². The van der Waals surface area contributed by atoms with Gasteiger partial charge in [-0.2, -0.15) is 0 Å². The van der Waals surface area contributed by atoms with Gasteiger partial charge in [0.15, 0.2) is 0 Å². The summed E-state index contributed by atoms with van der Waals surface area (Å²) >= 11 is 5.53. The highest BCUT2D eigenvalue weighted by Gasteiger charge is 2.20. The summed E-state index contributed by atoms with van der Waals surface area (Å²) in [6, 6.07) is 7.14. The number of ether oxygens (including phenoxy) is 1. The van der Waals surface area contributed by atoms with Crippen LogP contribution in [0.1, 0.15) is 31.4 Å². The number of hydrogen-bond acceptors (Lipinski definition) is 3. The Morgan fingerprint density at radius 3 is 2.63 bits per heavy atom. The van der Waals surface area contributed by atoms with E-state index < -0.39 is 10.0 Å². The molecule has 0 aliphatic heterocycles. The van der Waals surface area contributed by atoms with Crippen LogP contribution in [0.4, 0.5) is 0 Å². The van der Waals surface area contributed by atoms with Gasteiger partial charge in [0.2, 0.25) is 10.0 Å². The van der Waals surface area contributed by atoms with Crippen molar-refractivity contribution in [2.24, 2.45) is 0 Å². The Bertz CT molecular complexity index is 490. The minimum Gasteiger partial charge on any atom is -0.496 e. The first kappa shape index (κ1) is 16.3. The van der Waals surface area contributed by atoms with Crippen molar-refractivity contribution in [1.29, 1.82) is 0 Å². The smallest absolute Gasteiger partial charge is 0.212 e. The lowest BCUT2D eigenvalue weighted by Gasteiger charge is -2.19. The van der Waals surface area contributed by atoms with Crippen LogP contribution in [0.3, 0.4) is 0 Å². The zero-order valence-corrected chi connectivity index (χ0v) is 12.8. The van der Waals surface area contributed by atoms with Gasteiger partial charge < -0.3 is 4.74 Å². The van der Waals surface area contributed by atoms with Gasteiger partial charge in [0.25, 0.3) is 0 Å². The lowest BCUT2D eigenvalue weighted by molar-refractivity contribution is 0.402. The molecule has 0 aromatic heterocycles. The fraction of sp³-hybridized carbons (Fsp3) is 0.538. The first-order valence-corrected chi connectivity index (χ1v) is 8.41. The molecule has 0 saturated heterocycles. The van der Waals surface area contributed by atoms with Gasteiger partial charge in [-0.05, 0) is 18.9 Å². The summed E-state index contributed by atoms with van der Waals surface area (Å²) in [7, 11) is -1.74. The number of halogens is 1. The molecule has 1 atom stereocenters. The fourth-order valence-electron chi connectivity index (χ4n) is 1.84. The largest absolute Gasteiger partial charge is 0.496 e. The molecule has 1 aromatic carbocycles. The first-order valence-electron chi connectivity index (χ1n) is 6.23. The molecule has 1 aromatic rings. The standard InChI is InChI=1S/C13H20ClNO3S/c1-3-12(15-19(16,17)10-6-9-14)11-7-4-5-8-13(11)18-2/h4-5,7-8,12,15H,3,6,9-10H2,1-2H3. The third-order valence-corrected chi connectivity index (χ3v) is 4.53. The molecule has 6 heteroatoms. The Morgan fingerprint density at radius 2 is 2.05 bits per heavy atom. The molecule has 4 nitrogen and oxygen atoms in total. The molecule has 0 bridgehead atoms. The number of methoxy groups -OCH3 is 1. The lowest BCUT2D eigenvalue weighted by atomic mass is 10.0. The van der Waals surface area contributed by atoms with Gasteiger partial charge in [0.05, 0.1) is 18.9 Å².